The number of sulfone groups is 1. The van der Waals surface area contributed by atoms with Crippen molar-refractivity contribution in [3.05, 3.63) is 54.1 Å². The molecule has 2 aromatic rings. The minimum Gasteiger partial charge on any atom is -0.480 e. The lowest BCUT2D eigenvalue weighted by Crippen LogP contribution is -2.54. The maximum atomic E-state index is 13.4. The van der Waals surface area contributed by atoms with Gasteiger partial charge in [0.2, 0.25) is 0 Å². The van der Waals surface area contributed by atoms with E-state index in [2.05, 4.69) is 4.90 Å². The van der Waals surface area contributed by atoms with Crippen LogP contribution >= 0.6 is 0 Å². The van der Waals surface area contributed by atoms with Crippen molar-refractivity contribution in [1.82, 2.24) is 4.90 Å². The number of nitrogens with zero attached hydrogens (tertiary/aromatic N) is 1. The lowest BCUT2D eigenvalue weighted by Gasteiger charge is -2.38. The first-order valence-electron chi connectivity index (χ1n) is 11.6. The number of hydrogen-bond acceptors (Lipinski definition) is 4. The summed E-state index contributed by atoms with van der Waals surface area (Å²) < 4.78 is 88.3. The maximum absolute atomic E-state index is 13.4. The molecule has 196 valence electrons. The fourth-order valence-electron chi connectivity index (χ4n) is 4.65. The third-order valence-electron chi connectivity index (χ3n) is 7.17. The summed E-state index contributed by atoms with van der Waals surface area (Å²) in [7, 11) is -4.18. The van der Waals surface area contributed by atoms with Crippen molar-refractivity contribution in [2.75, 3.05) is 13.1 Å². The molecule has 11 heteroatoms. The fraction of sp³-hybridized carbons (Fsp3) is 0.480. The molecular weight excluding hydrogens is 505 g/mol. The van der Waals surface area contributed by atoms with Crippen molar-refractivity contribution < 1.29 is 40.3 Å². The Morgan fingerprint density at radius 2 is 1.42 bits per heavy atom. The summed E-state index contributed by atoms with van der Waals surface area (Å²) in [6.07, 6.45) is -5.28. The third-order valence-corrected chi connectivity index (χ3v) is 9.67. The number of carboxylic acids is 1. The van der Waals surface area contributed by atoms with Crippen LogP contribution in [0.1, 0.15) is 37.7 Å². The normalized spacial score (nSPS) is 19.2. The summed E-state index contributed by atoms with van der Waals surface area (Å²) in [4.78, 5) is 14.2. The highest BCUT2D eigenvalue weighted by atomic mass is 32.2. The zero-order chi connectivity index (χ0) is 26.4. The second kappa shape index (κ2) is 9.41. The number of halogens is 5. The predicted molar refractivity (Wildman–Crippen MR) is 123 cm³/mol. The molecule has 2 aliphatic rings. The van der Waals surface area contributed by atoms with Crippen molar-refractivity contribution in [1.29, 1.82) is 0 Å². The number of carbonyl (C=O) groups is 1. The molecule has 1 N–H and O–H groups in total. The van der Waals surface area contributed by atoms with E-state index in [1.807, 2.05) is 0 Å². The second-order valence-electron chi connectivity index (χ2n) is 9.49. The van der Waals surface area contributed by atoms with E-state index in [4.69, 9.17) is 0 Å². The molecule has 2 aromatic carbocycles. The van der Waals surface area contributed by atoms with Crippen molar-refractivity contribution in [3.8, 4) is 11.1 Å². The smallest absolute Gasteiger partial charge is 0.453 e. The Kier molecular flexibility index (Phi) is 6.93. The molecule has 1 aliphatic heterocycles. The van der Waals surface area contributed by atoms with Crippen LogP contribution in [0.2, 0.25) is 0 Å². The first kappa shape index (κ1) is 26.5. The number of aryl methyl sites for hydroxylation is 1. The number of benzene rings is 2. The van der Waals surface area contributed by atoms with Gasteiger partial charge in [0.15, 0.2) is 14.6 Å². The molecule has 36 heavy (non-hydrogen) atoms. The van der Waals surface area contributed by atoms with E-state index in [1.165, 1.54) is 36.4 Å². The van der Waals surface area contributed by atoms with Gasteiger partial charge in [-0.1, -0.05) is 36.4 Å². The highest BCUT2D eigenvalue weighted by molar-refractivity contribution is 7.93. The van der Waals surface area contributed by atoms with E-state index in [-0.39, 0.29) is 17.7 Å². The van der Waals surface area contributed by atoms with Gasteiger partial charge in [-0.2, -0.15) is 22.0 Å². The molecule has 1 saturated heterocycles. The Bertz CT molecular complexity index is 1200. The number of piperidine rings is 1. The van der Waals surface area contributed by atoms with Crippen LogP contribution < -0.4 is 0 Å². The zero-order valence-corrected chi connectivity index (χ0v) is 20.1. The van der Waals surface area contributed by atoms with Crippen LogP contribution in [0.3, 0.4) is 0 Å². The van der Waals surface area contributed by atoms with Crippen molar-refractivity contribution in [2.45, 2.75) is 66.3 Å². The van der Waals surface area contributed by atoms with Gasteiger partial charge in [0.25, 0.3) is 0 Å². The average Bonchev–Trinajstić information content (AvgIpc) is 3.68. The summed E-state index contributed by atoms with van der Waals surface area (Å²) >= 11 is 0. The van der Waals surface area contributed by atoms with Gasteiger partial charge in [-0.25, -0.2) is 8.42 Å². The van der Waals surface area contributed by atoms with Crippen LogP contribution in [0.4, 0.5) is 22.0 Å². The number of likely N-dealkylation sites (tertiary alicyclic amines) is 1. The molecule has 0 bridgehead atoms. The maximum Gasteiger partial charge on any atom is 0.453 e. The van der Waals surface area contributed by atoms with Gasteiger partial charge in [0, 0.05) is 25.6 Å². The molecular formula is C25H26F5NO4S. The quantitative estimate of drug-likeness (QED) is 0.466. The van der Waals surface area contributed by atoms with Gasteiger partial charge < -0.3 is 10.0 Å². The lowest BCUT2D eigenvalue weighted by atomic mass is 9.95. The first-order valence-corrected chi connectivity index (χ1v) is 13.1. The molecule has 1 aliphatic carbocycles. The first-order chi connectivity index (χ1) is 16.8. The Hall–Kier alpha value is -2.53. The van der Waals surface area contributed by atoms with Crippen molar-refractivity contribution >= 4 is 15.8 Å². The summed E-state index contributed by atoms with van der Waals surface area (Å²) in [6.45, 7) is 0.824. The molecule has 0 unspecified atom stereocenters. The highest BCUT2D eigenvalue weighted by Gasteiger charge is 2.56. The van der Waals surface area contributed by atoms with E-state index in [1.54, 1.807) is 12.1 Å². The number of aliphatic carboxylic acids is 1. The van der Waals surface area contributed by atoms with Crippen LogP contribution in [0.5, 0.6) is 0 Å². The van der Waals surface area contributed by atoms with Crippen LogP contribution in [0.15, 0.2) is 53.4 Å². The molecule has 0 amide bonds. The molecule has 2 fully saturated rings. The predicted octanol–water partition coefficient (Wildman–Crippen LogP) is 5.34. The van der Waals surface area contributed by atoms with Gasteiger partial charge in [-0.3, -0.25) is 4.79 Å². The van der Waals surface area contributed by atoms with Crippen molar-refractivity contribution in [3.63, 3.8) is 0 Å². The van der Waals surface area contributed by atoms with E-state index < -0.39 is 45.5 Å². The molecule has 0 aromatic heterocycles. The van der Waals surface area contributed by atoms with E-state index in [0.717, 1.165) is 12.8 Å². The van der Waals surface area contributed by atoms with Gasteiger partial charge in [-0.05, 0) is 60.9 Å². The summed E-state index contributed by atoms with van der Waals surface area (Å²) in [6, 6.07) is 12.2. The summed E-state index contributed by atoms with van der Waals surface area (Å²) in [5.41, 5.74) is 1.51. The number of alkyl halides is 5. The van der Waals surface area contributed by atoms with Gasteiger partial charge in [0.1, 0.15) is 0 Å². The van der Waals surface area contributed by atoms with Gasteiger partial charge in [0.05, 0.1) is 4.90 Å². The Labute approximate surface area is 205 Å². The van der Waals surface area contributed by atoms with Crippen LogP contribution in [-0.2, 0) is 21.1 Å². The van der Waals surface area contributed by atoms with Crippen LogP contribution in [-0.4, -0.2) is 60.4 Å². The fourth-order valence-corrected chi connectivity index (χ4v) is 6.54. The van der Waals surface area contributed by atoms with E-state index in [0.29, 0.717) is 35.8 Å². The number of rotatable bonds is 8. The highest BCUT2D eigenvalue weighted by Crippen LogP contribution is 2.40. The van der Waals surface area contributed by atoms with Gasteiger partial charge in [-0.15, -0.1) is 0 Å². The standard InChI is InChI=1S/C25H26F5NO4S/c26-24(27,25(28,29)30)12-11-17-1-3-18(4-2-17)19-5-9-21(10-6-19)36(34,35)23(22(32)33)13-15-31(16-14-23)20-7-8-20/h1-6,9-10,20H,7-8,11-16H2,(H,32,33). The van der Waals surface area contributed by atoms with Crippen LogP contribution in [0, 0.1) is 0 Å². The zero-order valence-electron chi connectivity index (χ0n) is 19.3. The van der Waals surface area contributed by atoms with Crippen molar-refractivity contribution in [2.24, 2.45) is 0 Å². The summed E-state index contributed by atoms with van der Waals surface area (Å²) in [5, 5.41) is 9.92. The SMILES string of the molecule is O=C(O)C1(S(=O)(=O)c2ccc(-c3ccc(CCC(F)(F)C(F)(F)F)cc3)cc2)CCN(C2CC2)CC1. The Morgan fingerprint density at radius 3 is 1.86 bits per heavy atom. The molecule has 1 saturated carbocycles. The molecule has 1 heterocycles. The lowest BCUT2D eigenvalue weighted by molar-refractivity contribution is -0.284. The topological polar surface area (TPSA) is 74.7 Å². The average molecular weight is 532 g/mol. The third kappa shape index (κ3) is 5.00. The number of carboxylic acid groups (broad SMARTS) is 1. The molecule has 0 atom stereocenters. The minimum atomic E-state index is -5.59. The number of hydrogen-bond donors (Lipinski definition) is 1. The molecule has 0 spiro atoms. The van der Waals surface area contributed by atoms with E-state index in [9.17, 15) is 40.3 Å². The monoisotopic (exact) mass is 531 g/mol. The molecule has 0 radical (unpaired) electrons. The Balaban J connectivity index is 1.47. The molecule has 4 rings (SSSR count). The van der Waals surface area contributed by atoms with Crippen LogP contribution in [0.25, 0.3) is 11.1 Å². The minimum absolute atomic E-state index is 0.0117. The van der Waals surface area contributed by atoms with Gasteiger partial charge >= 0.3 is 18.1 Å². The second-order valence-corrected chi connectivity index (χ2v) is 11.8. The Morgan fingerprint density at radius 1 is 0.917 bits per heavy atom. The molecule has 5 nitrogen and oxygen atoms in total. The largest absolute Gasteiger partial charge is 0.480 e. The summed E-state index contributed by atoms with van der Waals surface area (Å²) in [5.74, 6) is -6.12. The van der Waals surface area contributed by atoms with E-state index >= 15 is 0 Å².